The Kier molecular flexibility index (Phi) is 4.27. The Morgan fingerprint density at radius 1 is 1.26 bits per heavy atom. The fraction of sp³-hybridized carbons (Fsp3) is 0.357. The Balaban J connectivity index is 3.33. The van der Waals surface area contributed by atoms with E-state index >= 15 is 0 Å². The number of carboxylic acid groups (broad SMARTS) is 1. The van der Waals surface area contributed by atoms with Crippen LogP contribution in [0.15, 0.2) is 30.3 Å². The second-order valence-corrected chi connectivity index (χ2v) is 5.10. The molecule has 19 heavy (non-hydrogen) atoms. The predicted molar refractivity (Wildman–Crippen MR) is 70.9 cm³/mol. The van der Waals surface area contributed by atoms with Gasteiger partial charge in [0.15, 0.2) is 0 Å². The van der Waals surface area contributed by atoms with Gasteiger partial charge >= 0.3 is 5.97 Å². The number of carboxylic acids is 1. The molecule has 1 aromatic rings. The minimum absolute atomic E-state index is 0.240. The molecule has 0 radical (unpaired) electrons. The number of rotatable bonds is 4. The van der Waals surface area contributed by atoms with Crippen LogP contribution in [0, 0.1) is 0 Å². The summed E-state index contributed by atoms with van der Waals surface area (Å²) in [7, 11) is 0. The molecule has 0 aliphatic heterocycles. The monoisotopic (exact) mass is 263 g/mol. The van der Waals surface area contributed by atoms with Crippen molar-refractivity contribution in [3.63, 3.8) is 0 Å². The van der Waals surface area contributed by atoms with Crippen molar-refractivity contribution in [1.29, 1.82) is 0 Å². The average Bonchev–Trinajstić information content (AvgIpc) is 2.28. The Morgan fingerprint density at radius 3 is 2.16 bits per heavy atom. The van der Waals surface area contributed by atoms with E-state index in [4.69, 9.17) is 10.5 Å². The van der Waals surface area contributed by atoms with Crippen LogP contribution in [0.1, 0.15) is 26.3 Å². The molecule has 1 aromatic carbocycles. The molecule has 5 nitrogen and oxygen atoms in total. The van der Waals surface area contributed by atoms with E-state index in [2.05, 4.69) is 0 Å². The molecule has 0 saturated carbocycles. The first kappa shape index (κ1) is 15.1. The summed E-state index contributed by atoms with van der Waals surface area (Å²) < 4.78 is 5.37. The van der Waals surface area contributed by atoms with Crippen molar-refractivity contribution in [3.8, 4) is 0 Å². The zero-order valence-corrected chi connectivity index (χ0v) is 11.1. The molecule has 3 N–H and O–H groups in total. The molecule has 0 heterocycles. The number of benzene rings is 1. The topological polar surface area (TPSA) is 89.6 Å². The Morgan fingerprint density at radius 2 is 1.79 bits per heavy atom. The summed E-state index contributed by atoms with van der Waals surface area (Å²) in [6.07, 6.45) is 0. The third-order valence-corrected chi connectivity index (χ3v) is 2.32. The Labute approximate surface area is 111 Å². The van der Waals surface area contributed by atoms with Gasteiger partial charge in [-0.2, -0.15) is 0 Å². The van der Waals surface area contributed by atoms with E-state index in [1.54, 1.807) is 57.0 Å². The molecule has 0 aliphatic carbocycles. The number of hydrogen-bond acceptors (Lipinski definition) is 4. The summed E-state index contributed by atoms with van der Waals surface area (Å²) in [6.45, 7) is 4.97. The number of ether oxygens (including phenoxy) is 1. The number of carbonyl (C=O) groups is 1. The van der Waals surface area contributed by atoms with Crippen LogP contribution in [0.2, 0.25) is 0 Å². The average molecular weight is 263 g/mol. The van der Waals surface area contributed by atoms with Gasteiger partial charge in [-0.15, -0.1) is 0 Å². The van der Waals surface area contributed by atoms with Gasteiger partial charge in [-0.1, -0.05) is 30.3 Å². The highest BCUT2D eigenvalue weighted by molar-refractivity contribution is 6.04. The molecule has 102 valence electrons. The minimum atomic E-state index is -2.23. The minimum Gasteiger partial charge on any atom is -0.478 e. The molecular weight excluding hydrogens is 246 g/mol. The number of carbonyl (C=O) groups excluding carboxylic acids is 1. The second kappa shape index (κ2) is 5.36. The standard InChI is InChI=1S/C14H17NO4/c1-13(2,3)19-14(15,12(17)18)11(9-16)10-7-5-4-6-8-10/h4-8H,15H2,1-3H3,(H,17,18). The van der Waals surface area contributed by atoms with Gasteiger partial charge in [0.25, 0.3) is 5.72 Å². The molecule has 0 spiro atoms. The van der Waals surface area contributed by atoms with Crippen molar-refractivity contribution in [3.05, 3.63) is 35.9 Å². The van der Waals surface area contributed by atoms with Crippen molar-refractivity contribution < 1.29 is 19.4 Å². The Bertz CT molecular complexity index is 512. The highest BCUT2D eigenvalue weighted by Gasteiger charge is 2.44. The third kappa shape index (κ3) is 3.51. The first-order valence-electron chi connectivity index (χ1n) is 5.74. The zero-order chi connectivity index (χ0) is 14.7. The van der Waals surface area contributed by atoms with Gasteiger partial charge in [0.2, 0.25) is 0 Å². The van der Waals surface area contributed by atoms with Crippen LogP contribution in [0.4, 0.5) is 0 Å². The predicted octanol–water partition coefficient (Wildman–Crippen LogP) is 1.46. The second-order valence-electron chi connectivity index (χ2n) is 5.10. The zero-order valence-electron chi connectivity index (χ0n) is 11.1. The van der Waals surface area contributed by atoms with E-state index in [0.717, 1.165) is 0 Å². The van der Waals surface area contributed by atoms with Gasteiger partial charge < -0.3 is 9.84 Å². The highest BCUT2D eigenvalue weighted by Crippen LogP contribution is 2.28. The summed E-state index contributed by atoms with van der Waals surface area (Å²) >= 11 is 0. The van der Waals surface area contributed by atoms with E-state index in [1.807, 2.05) is 0 Å². The van der Waals surface area contributed by atoms with Gasteiger partial charge in [0.1, 0.15) is 11.5 Å². The van der Waals surface area contributed by atoms with Gasteiger partial charge in [0, 0.05) is 0 Å². The van der Waals surface area contributed by atoms with Crippen LogP contribution in [0.3, 0.4) is 0 Å². The first-order valence-corrected chi connectivity index (χ1v) is 5.74. The van der Waals surface area contributed by atoms with Gasteiger partial charge in [-0.25, -0.2) is 9.59 Å². The van der Waals surface area contributed by atoms with Crippen molar-refractivity contribution in [2.45, 2.75) is 32.1 Å². The molecule has 0 bridgehead atoms. The molecule has 0 amide bonds. The maximum Gasteiger partial charge on any atom is 0.357 e. The number of nitrogens with two attached hydrogens (primary N) is 1. The fourth-order valence-corrected chi connectivity index (χ4v) is 1.64. The van der Waals surface area contributed by atoms with Crippen LogP contribution >= 0.6 is 0 Å². The van der Waals surface area contributed by atoms with E-state index in [0.29, 0.717) is 5.56 Å². The third-order valence-electron chi connectivity index (χ3n) is 2.32. The normalized spacial score (nSPS) is 14.3. The summed E-state index contributed by atoms with van der Waals surface area (Å²) in [6, 6.07) is 8.25. The lowest BCUT2D eigenvalue weighted by Gasteiger charge is -2.33. The summed E-state index contributed by atoms with van der Waals surface area (Å²) in [4.78, 5) is 22.6. The quantitative estimate of drug-likeness (QED) is 0.634. The van der Waals surface area contributed by atoms with E-state index < -0.39 is 17.3 Å². The largest absolute Gasteiger partial charge is 0.478 e. The van der Waals surface area contributed by atoms with Gasteiger partial charge in [0.05, 0.1) is 5.60 Å². The number of hydrogen-bond donors (Lipinski definition) is 2. The molecule has 0 aromatic heterocycles. The van der Waals surface area contributed by atoms with Gasteiger partial charge in [-0.3, -0.25) is 5.73 Å². The summed E-state index contributed by atoms with van der Waals surface area (Å²) in [5.74, 6) is 0.159. The van der Waals surface area contributed by atoms with Crippen molar-refractivity contribution in [1.82, 2.24) is 0 Å². The molecule has 1 atom stereocenters. The smallest absolute Gasteiger partial charge is 0.357 e. The Hall–Kier alpha value is -1.94. The van der Waals surface area contributed by atoms with Crippen LogP contribution < -0.4 is 5.73 Å². The van der Waals surface area contributed by atoms with Crippen LogP contribution in [0.5, 0.6) is 0 Å². The lowest BCUT2D eigenvalue weighted by Crippen LogP contribution is -2.55. The van der Waals surface area contributed by atoms with Crippen LogP contribution in [0.25, 0.3) is 5.57 Å². The van der Waals surface area contributed by atoms with Crippen molar-refractivity contribution in [2.24, 2.45) is 5.73 Å². The van der Waals surface area contributed by atoms with E-state index in [1.165, 1.54) is 0 Å². The van der Waals surface area contributed by atoms with Crippen molar-refractivity contribution in [2.75, 3.05) is 0 Å². The van der Waals surface area contributed by atoms with E-state index in [9.17, 15) is 14.7 Å². The maximum absolute atomic E-state index is 11.4. The van der Waals surface area contributed by atoms with Crippen LogP contribution in [-0.4, -0.2) is 28.3 Å². The molecule has 0 aliphatic rings. The number of aliphatic carboxylic acids is 1. The SMILES string of the molecule is CC(C)(C)OC(N)(C(=O)O)C(=C=O)c1ccccc1. The summed E-state index contributed by atoms with van der Waals surface area (Å²) in [5, 5.41) is 9.31. The highest BCUT2D eigenvalue weighted by atomic mass is 16.6. The molecule has 0 saturated heterocycles. The molecular formula is C14H17NO4. The van der Waals surface area contributed by atoms with Crippen molar-refractivity contribution >= 4 is 17.5 Å². The van der Waals surface area contributed by atoms with Crippen LogP contribution in [-0.2, 0) is 14.3 Å². The van der Waals surface area contributed by atoms with E-state index in [-0.39, 0.29) is 5.57 Å². The molecule has 0 fully saturated rings. The first-order chi connectivity index (χ1) is 8.70. The van der Waals surface area contributed by atoms with Gasteiger partial charge in [-0.05, 0) is 26.3 Å². The molecule has 5 heteroatoms. The lowest BCUT2D eigenvalue weighted by molar-refractivity contribution is -0.171. The molecule has 1 rings (SSSR count). The maximum atomic E-state index is 11.4. The fourth-order valence-electron chi connectivity index (χ4n) is 1.64. The lowest BCUT2D eigenvalue weighted by atomic mass is 9.96. The molecule has 1 unspecified atom stereocenters. The summed E-state index contributed by atoms with van der Waals surface area (Å²) in [5.41, 5.74) is 2.86.